The van der Waals surface area contributed by atoms with Crippen LogP contribution < -0.4 is 0 Å². The van der Waals surface area contributed by atoms with Gasteiger partial charge in [0.1, 0.15) is 11.4 Å². The molecule has 96 valence electrons. The van der Waals surface area contributed by atoms with E-state index >= 15 is 0 Å². The number of rotatable bonds is 3. The largest absolute Gasteiger partial charge is 0.508 e. The van der Waals surface area contributed by atoms with Gasteiger partial charge in [0, 0.05) is 18.3 Å². The summed E-state index contributed by atoms with van der Waals surface area (Å²) in [7, 11) is 0. The molecule has 19 heavy (non-hydrogen) atoms. The zero-order valence-corrected chi connectivity index (χ0v) is 10.9. The van der Waals surface area contributed by atoms with Gasteiger partial charge in [-0.05, 0) is 36.2 Å². The first-order valence-electron chi connectivity index (χ1n) is 6.50. The highest BCUT2D eigenvalue weighted by Crippen LogP contribution is 2.19. The Bertz CT molecular complexity index is 698. The Morgan fingerprint density at radius 3 is 2.63 bits per heavy atom. The molecular weight excluding hydrogens is 236 g/mol. The van der Waals surface area contributed by atoms with Crippen molar-refractivity contribution < 1.29 is 5.11 Å². The molecule has 0 fully saturated rings. The molecule has 2 aromatic heterocycles. The van der Waals surface area contributed by atoms with Gasteiger partial charge in [0.05, 0.1) is 5.69 Å². The van der Waals surface area contributed by atoms with Crippen molar-refractivity contribution in [3.63, 3.8) is 0 Å². The van der Waals surface area contributed by atoms with Crippen molar-refractivity contribution in [2.45, 2.75) is 19.8 Å². The first kappa shape index (κ1) is 11.8. The van der Waals surface area contributed by atoms with E-state index in [1.165, 1.54) is 11.3 Å². The van der Waals surface area contributed by atoms with E-state index in [9.17, 15) is 5.11 Å². The minimum atomic E-state index is 0.303. The van der Waals surface area contributed by atoms with Gasteiger partial charge in [0.15, 0.2) is 0 Å². The maximum Gasteiger partial charge on any atom is 0.137 e. The monoisotopic (exact) mass is 252 g/mol. The van der Waals surface area contributed by atoms with Crippen LogP contribution >= 0.6 is 0 Å². The molecule has 0 unspecified atom stereocenters. The summed E-state index contributed by atoms with van der Waals surface area (Å²) in [5.74, 6) is 0.303. The molecule has 0 aliphatic heterocycles. The molecule has 0 amide bonds. The summed E-state index contributed by atoms with van der Waals surface area (Å²) in [6, 6.07) is 13.4. The fraction of sp³-hybridized carbons (Fsp3) is 0.188. The van der Waals surface area contributed by atoms with Crippen LogP contribution in [0.2, 0.25) is 0 Å². The SMILES string of the molecule is CCc1nc2ccccn2c1Cc1ccc(O)cc1. The lowest BCUT2D eigenvalue weighted by molar-refractivity contribution is 0.475. The summed E-state index contributed by atoms with van der Waals surface area (Å²) in [5, 5.41) is 9.34. The van der Waals surface area contributed by atoms with Crippen LogP contribution in [0.15, 0.2) is 48.7 Å². The molecule has 0 saturated heterocycles. The van der Waals surface area contributed by atoms with Gasteiger partial charge in [-0.15, -0.1) is 0 Å². The minimum Gasteiger partial charge on any atom is -0.508 e. The average Bonchev–Trinajstić information content (AvgIpc) is 2.79. The Morgan fingerprint density at radius 2 is 1.89 bits per heavy atom. The predicted molar refractivity (Wildman–Crippen MR) is 75.5 cm³/mol. The molecule has 3 heteroatoms. The van der Waals surface area contributed by atoms with Gasteiger partial charge >= 0.3 is 0 Å². The molecule has 1 N–H and O–H groups in total. The minimum absolute atomic E-state index is 0.303. The number of nitrogens with zero attached hydrogens (tertiary/aromatic N) is 2. The number of aryl methyl sites for hydroxylation is 1. The zero-order chi connectivity index (χ0) is 13.2. The fourth-order valence-electron chi connectivity index (χ4n) is 2.37. The number of imidazole rings is 1. The summed E-state index contributed by atoms with van der Waals surface area (Å²) in [4.78, 5) is 4.66. The van der Waals surface area contributed by atoms with Crippen molar-refractivity contribution in [3.05, 3.63) is 65.6 Å². The molecule has 1 aromatic carbocycles. The van der Waals surface area contributed by atoms with Gasteiger partial charge in [-0.25, -0.2) is 4.98 Å². The average molecular weight is 252 g/mol. The molecule has 0 saturated carbocycles. The van der Waals surface area contributed by atoms with Gasteiger partial charge in [0.25, 0.3) is 0 Å². The van der Waals surface area contributed by atoms with Crippen LogP contribution in [0, 0.1) is 0 Å². The number of hydrogen-bond acceptors (Lipinski definition) is 2. The molecule has 2 heterocycles. The van der Waals surface area contributed by atoms with E-state index in [0.29, 0.717) is 5.75 Å². The summed E-state index contributed by atoms with van der Waals surface area (Å²) >= 11 is 0. The maximum absolute atomic E-state index is 9.34. The lowest BCUT2D eigenvalue weighted by Crippen LogP contribution is -1.97. The highest BCUT2D eigenvalue weighted by atomic mass is 16.3. The smallest absolute Gasteiger partial charge is 0.137 e. The summed E-state index contributed by atoms with van der Waals surface area (Å²) in [6.07, 6.45) is 3.81. The number of hydrogen-bond donors (Lipinski definition) is 1. The Hall–Kier alpha value is -2.29. The van der Waals surface area contributed by atoms with E-state index in [-0.39, 0.29) is 0 Å². The van der Waals surface area contributed by atoms with E-state index in [0.717, 1.165) is 24.2 Å². The Kier molecular flexibility index (Phi) is 2.95. The second-order valence-corrected chi connectivity index (χ2v) is 4.63. The second kappa shape index (κ2) is 4.76. The quantitative estimate of drug-likeness (QED) is 0.777. The normalized spacial score (nSPS) is 11.0. The van der Waals surface area contributed by atoms with Gasteiger partial charge in [-0.2, -0.15) is 0 Å². The molecule has 0 aliphatic rings. The Balaban J connectivity index is 2.06. The molecule has 0 spiro atoms. The molecule has 0 radical (unpaired) electrons. The van der Waals surface area contributed by atoms with Crippen LogP contribution in [0.5, 0.6) is 5.75 Å². The summed E-state index contributed by atoms with van der Waals surface area (Å²) in [6.45, 7) is 2.13. The van der Waals surface area contributed by atoms with Crippen LogP contribution in [0.4, 0.5) is 0 Å². The first-order valence-corrected chi connectivity index (χ1v) is 6.50. The van der Waals surface area contributed by atoms with Crippen molar-refractivity contribution in [2.24, 2.45) is 0 Å². The van der Waals surface area contributed by atoms with Crippen molar-refractivity contribution in [1.29, 1.82) is 0 Å². The first-order chi connectivity index (χ1) is 9.28. The van der Waals surface area contributed by atoms with Gasteiger partial charge in [-0.3, -0.25) is 0 Å². The van der Waals surface area contributed by atoms with Crippen LogP contribution in [0.1, 0.15) is 23.9 Å². The fourth-order valence-corrected chi connectivity index (χ4v) is 2.37. The molecule has 0 aliphatic carbocycles. The summed E-state index contributed by atoms with van der Waals surface area (Å²) in [5.41, 5.74) is 4.54. The van der Waals surface area contributed by atoms with E-state index in [2.05, 4.69) is 22.5 Å². The highest BCUT2D eigenvalue weighted by Gasteiger charge is 2.10. The zero-order valence-electron chi connectivity index (χ0n) is 10.9. The highest BCUT2D eigenvalue weighted by molar-refractivity contribution is 5.44. The number of aromatic nitrogens is 2. The molecular formula is C16H16N2O. The molecule has 3 aromatic rings. The van der Waals surface area contributed by atoms with E-state index in [1.807, 2.05) is 30.3 Å². The maximum atomic E-state index is 9.34. The van der Waals surface area contributed by atoms with E-state index in [4.69, 9.17) is 0 Å². The number of aromatic hydroxyl groups is 1. The number of pyridine rings is 1. The van der Waals surface area contributed by atoms with Crippen LogP contribution in [-0.4, -0.2) is 14.5 Å². The number of fused-ring (bicyclic) bond motifs is 1. The van der Waals surface area contributed by atoms with Crippen molar-refractivity contribution >= 4 is 5.65 Å². The van der Waals surface area contributed by atoms with Crippen molar-refractivity contribution in [3.8, 4) is 5.75 Å². The van der Waals surface area contributed by atoms with Gasteiger partial charge < -0.3 is 9.51 Å². The number of phenolic OH excluding ortho intramolecular Hbond substituents is 1. The van der Waals surface area contributed by atoms with Crippen molar-refractivity contribution in [1.82, 2.24) is 9.38 Å². The number of benzene rings is 1. The lowest BCUT2D eigenvalue weighted by atomic mass is 10.1. The second-order valence-electron chi connectivity index (χ2n) is 4.63. The molecule has 0 bridgehead atoms. The van der Waals surface area contributed by atoms with Crippen LogP contribution in [0.25, 0.3) is 5.65 Å². The standard InChI is InChI=1S/C16H16N2O/c1-2-14-15(11-12-6-8-13(19)9-7-12)18-10-4-3-5-16(18)17-14/h3-10,19H,2,11H2,1H3. The van der Waals surface area contributed by atoms with E-state index < -0.39 is 0 Å². The Labute approximate surface area is 112 Å². The summed E-state index contributed by atoms with van der Waals surface area (Å²) < 4.78 is 2.14. The molecule has 0 atom stereocenters. The van der Waals surface area contributed by atoms with Gasteiger partial charge in [0.2, 0.25) is 0 Å². The van der Waals surface area contributed by atoms with Gasteiger partial charge in [-0.1, -0.05) is 25.1 Å². The topological polar surface area (TPSA) is 37.5 Å². The number of phenols is 1. The third-order valence-corrected chi connectivity index (χ3v) is 3.35. The molecule has 3 rings (SSSR count). The third kappa shape index (κ3) is 2.19. The molecule has 3 nitrogen and oxygen atoms in total. The van der Waals surface area contributed by atoms with Crippen LogP contribution in [0.3, 0.4) is 0 Å². The Morgan fingerprint density at radius 1 is 1.11 bits per heavy atom. The lowest BCUT2D eigenvalue weighted by Gasteiger charge is -2.04. The van der Waals surface area contributed by atoms with E-state index in [1.54, 1.807) is 12.1 Å². The predicted octanol–water partition coefficient (Wildman–Crippen LogP) is 3.19. The van der Waals surface area contributed by atoms with Crippen LogP contribution in [-0.2, 0) is 12.8 Å². The van der Waals surface area contributed by atoms with Crippen molar-refractivity contribution in [2.75, 3.05) is 0 Å². The third-order valence-electron chi connectivity index (χ3n) is 3.35.